The molecule has 2 fully saturated rings. The molecule has 0 aromatic carbocycles. The molecule has 0 atom stereocenters. The first kappa shape index (κ1) is 21.8. The van der Waals surface area contributed by atoms with Gasteiger partial charge in [0.15, 0.2) is 5.76 Å². The summed E-state index contributed by atoms with van der Waals surface area (Å²) < 4.78 is 7.18. The molecular weight excluding hydrogens is 416 g/mol. The van der Waals surface area contributed by atoms with Crippen molar-refractivity contribution in [1.29, 1.82) is 0 Å². The van der Waals surface area contributed by atoms with Crippen molar-refractivity contribution in [2.75, 3.05) is 26.2 Å². The Morgan fingerprint density at radius 2 is 1.88 bits per heavy atom. The van der Waals surface area contributed by atoms with E-state index in [9.17, 15) is 4.79 Å². The molecule has 33 heavy (non-hydrogen) atoms. The summed E-state index contributed by atoms with van der Waals surface area (Å²) in [4.78, 5) is 27.1. The minimum Gasteiger partial charge on any atom is -0.463 e. The van der Waals surface area contributed by atoms with Crippen molar-refractivity contribution in [3.05, 3.63) is 48.1 Å². The fourth-order valence-electron chi connectivity index (χ4n) is 5.16. The standard InChI is InChI=1S/C25H32N6O2/c1-18(2)23-20(24(32)30-14-12-29(13-15-30)19-7-4-3-5-8-19)17-27-31(23)25-26-11-10-21(28-25)22-9-6-16-33-22/h6,9-11,16-19H,3-5,7-8,12-15H2,1-2H3. The second-order valence-corrected chi connectivity index (χ2v) is 9.35. The topological polar surface area (TPSA) is 80.3 Å². The van der Waals surface area contributed by atoms with Crippen LogP contribution in [0, 0.1) is 0 Å². The number of carbonyl (C=O) groups excluding carboxylic acids is 1. The monoisotopic (exact) mass is 448 g/mol. The Labute approximate surface area is 194 Å². The maximum atomic E-state index is 13.5. The Kier molecular flexibility index (Phi) is 6.26. The first-order valence-electron chi connectivity index (χ1n) is 12.1. The van der Waals surface area contributed by atoms with Gasteiger partial charge in [-0.3, -0.25) is 9.69 Å². The van der Waals surface area contributed by atoms with Crippen LogP contribution in [0.2, 0.25) is 0 Å². The Hall–Kier alpha value is -3.00. The van der Waals surface area contributed by atoms with E-state index in [0.29, 0.717) is 29.0 Å². The van der Waals surface area contributed by atoms with E-state index in [4.69, 9.17) is 4.42 Å². The number of furan rings is 1. The van der Waals surface area contributed by atoms with E-state index in [1.165, 1.54) is 32.1 Å². The number of piperazine rings is 1. The van der Waals surface area contributed by atoms with E-state index in [-0.39, 0.29) is 11.8 Å². The first-order valence-corrected chi connectivity index (χ1v) is 12.1. The summed E-state index contributed by atoms with van der Waals surface area (Å²) in [7, 11) is 0. The van der Waals surface area contributed by atoms with Crippen LogP contribution in [0.25, 0.3) is 17.4 Å². The summed E-state index contributed by atoms with van der Waals surface area (Å²) >= 11 is 0. The fraction of sp³-hybridized carbons (Fsp3) is 0.520. The molecule has 8 heteroatoms. The number of hydrogen-bond acceptors (Lipinski definition) is 6. The summed E-state index contributed by atoms with van der Waals surface area (Å²) in [5.74, 6) is 1.25. The Morgan fingerprint density at radius 3 is 2.58 bits per heavy atom. The van der Waals surface area contributed by atoms with Crippen LogP contribution in [0.4, 0.5) is 0 Å². The zero-order valence-electron chi connectivity index (χ0n) is 19.5. The van der Waals surface area contributed by atoms with Crippen molar-refractivity contribution in [3.63, 3.8) is 0 Å². The quantitative estimate of drug-likeness (QED) is 0.584. The molecule has 174 valence electrons. The molecule has 0 unspecified atom stereocenters. The second kappa shape index (κ2) is 9.47. The maximum Gasteiger partial charge on any atom is 0.257 e. The lowest BCUT2D eigenvalue weighted by molar-refractivity contribution is 0.0522. The second-order valence-electron chi connectivity index (χ2n) is 9.35. The number of aromatic nitrogens is 4. The van der Waals surface area contributed by atoms with Crippen molar-refractivity contribution >= 4 is 5.91 Å². The largest absolute Gasteiger partial charge is 0.463 e. The Bertz CT molecular complexity index is 1080. The van der Waals surface area contributed by atoms with Crippen molar-refractivity contribution in [2.45, 2.75) is 57.9 Å². The molecule has 1 amide bonds. The van der Waals surface area contributed by atoms with Gasteiger partial charge in [-0.1, -0.05) is 33.1 Å². The van der Waals surface area contributed by atoms with E-state index >= 15 is 0 Å². The molecule has 8 nitrogen and oxygen atoms in total. The Morgan fingerprint density at radius 1 is 1.09 bits per heavy atom. The molecule has 4 heterocycles. The van der Waals surface area contributed by atoms with Gasteiger partial charge in [0, 0.05) is 38.4 Å². The molecule has 1 aliphatic heterocycles. The Balaban J connectivity index is 1.36. The highest BCUT2D eigenvalue weighted by atomic mass is 16.3. The molecule has 0 spiro atoms. The SMILES string of the molecule is CC(C)c1c(C(=O)N2CCN(C3CCCCC3)CC2)cnn1-c1nccc(-c2ccco2)n1. The van der Waals surface area contributed by atoms with Crippen LogP contribution in [-0.2, 0) is 0 Å². The van der Waals surface area contributed by atoms with Crippen LogP contribution >= 0.6 is 0 Å². The summed E-state index contributed by atoms with van der Waals surface area (Å²) in [6, 6.07) is 6.19. The molecule has 3 aromatic heterocycles. The maximum absolute atomic E-state index is 13.5. The predicted molar refractivity (Wildman–Crippen MR) is 125 cm³/mol. The summed E-state index contributed by atoms with van der Waals surface area (Å²) in [5, 5.41) is 4.54. The third-order valence-corrected chi connectivity index (χ3v) is 6.88. The van der Waals surface area contributed by atoms with E-state index in [1.807, 2.05) is 17.0 Å². The van der Waals surface area contributed by atoms with Gasteiger partial charge in [0.05, 0.1) is 23.7 Å². The van der Waals surface area contributed by atoms with Crippen LogP contribution in [0.1, 0.15) is 67.9 Å². The minimum atomic E-state index is 0.0513. The van der Waals surface area contributed by atoms with Crippen LogP contribution in [0.3, 0.4) is 0 Å². The lowest BCUT2D eigenvalue weighted by Gasteiger charge is -2.40. The molecular formula is C25H32N6O2. The zero-order valence-corrected chi connectivity index (χ0v) is 19.5. The highest BCUT2D eigenvalue weighted by Gasteiger charge is 2.30. The van der Waals surface area contributed by atoms with Gasteiger partial charge >= 0.3 is 0 Å². The van der Waals surface area contributed by atoms with Crippen LogP contribution in [0.5, 0.6) is 0 Å². The number of rotatable bonds is 5. The molecule has 5 rings (SSSR count). The molecule has 0 N–H and O–H groups in total. The highest BCUT2D eigenvalue weighted by molar-refractivity contribution is 5.95. The summed E-state index contributed by atoms with van der Waals surface area (Å²) in [6.07, 6.45) is 11.6. The molecule has 1 saturated carbocycles. The number of hydrogen-bond donors (Lipinski definition) is 0. The fourth-order valence-corrected chi connectivity index (χ4v) is 5.16. The van der Waals surface area contributed by atoms with Gasteiger partial charge < -0.3 is 9.32 Å². The van der Waals surface area contributed by atoms with Gasteiger partial charge in [0.1, 0.15) is 5.69 Å². The van der Waals surface area contributed by atoms with Gasteiger partial charge in [-0.25, -0.2) is 14.6 Å². The van der Waals surface area contributed by atoms with Gasteiger partial charge in [-0.2, -0.15) is 5.10 Å². The van der Waals surface area contributed by atoms with E-state index in [2.05, 4.69) is 33.8 Å². The average molecular weight is 449 g/mol. The van der Waals surface area contributed by atoms with Gasteiger partial charge in [-0.05, 0) is 37.0 Å². The van der Waals surface area contributed by atoms with E-state index < -0.39 is 0 Å². The van der Waals surface area contributed by atoms with Gasteiger partial charge in [-0.15, -0.1) is 0 Å². The number of nitrogens with zero attached hydrogens (tertiary/aromatic N) is 6. The zero-order chi connectivity index (χ0) is 22.8. The molecule has 1 saturated heterocycles. The lowest BCUT2D eigenvalue weighted by atomic mass is 9.94. The number of amides is 1. The van der Waals surface area contributed by atoms with Crippen LogP contribution in [-0.4, -0.2) is 67.7 Å². The smallest absolute Gasteiger partial charge is 0.257 e. The third-order valence-electron chi connectivity index (χ3n) is 6.88. The van der Waals surface area contributed by atoms with E-state index in [0.717, 1.165) is 31.9 Å². The van der Waals surface area contributed by atoms with Crippen LogP contribution < -0.4 is 0 Å². The van der Waals surface area contributed by atoms with Crippen molar-refractivity contribution in [3.8, 4) is 17.4 Å². The van der Waals surface area contributed by atoms with Gasteiger partial charge in [0.2, 0.25) is 0 Å². The minimum absolute atomic E-state index is 0.0513. The molecule has 0 radical (unpaired) electrons. The normalized spacial score (nSPS) is 18.2. The van der Waals surface area contributed by atoms with Crippen molar-refractivity contribution in [2.24, 2.45) is 0 Å². The van der Waals surface area contributed by atoms with Crippen molar-refractivity contribution < 1.29 is 9.21 Å². The van der Waals surface area contributed by atoms with E-state index in [1.54, 1.807) is 29.4 Å². The summed E-state index contributed by atoms with van der Waals surface area (Å²) in [6.45, 7) is 7.58. The predicted octanol–water partition coefficient (Wildman–Crippen LogP) is 4.14. The molecule has 3 aromatic rings. The average Bonchev–Trinajstić information content (AvgIpc) is 3.55. The van der Waals surface area contributed by atoms with Gasteiger partial charge in [0.25, 0.3) is 11.9 Å². The van der Waals surface area contributed by atoms with Crippen LogP contribution in [0.15, 0.2) is 41.3 Å². The first-order chi connectivity index (χ1) is 16.1. The summed E-state index contributed by atoms with van der Waals surface area (Å²) in [5.41, 5.74) is 2.16. The highest BCUT2D eigenvalue weighted by Crippen LogP contribution is 2.27. The molecule has 2 aliphatic rings. The molecule has 0 bridgehead atoms. The van der Waals surface area contributed by atoms with Crippen molar-refractivity contribution in [1.82, 2.24) is 29.5 Å². The lowest BCUT2D eigenvalue weighted by Crippen LogP contribution is -2.52. The molecule has 1 aliphatic carbocycles. The third kappa shape index (κ3) is 4.44. The number of carbonyl (C=O) groups is 1.